The highest BCUT2D eigenvalue weighted by atomic mass is 16.2. The first kappa shape index (κ1) is 18.2. The van der Waals surface area contributed by atoms with Crippen molar-refractivity contribution in [2.24, 2.45) is 5.73 Å². The predicted octanol–water partition coefficient (Wildman–Crippen LogP) is 3.68. The minimum Gasteiger partial charge on any atom is -0.359 e. The Kier molecular flexibility index (Phi) is 4.73. The highest BCUT2D eigenvalue weighted by Crippen LogP contribution is 2.35. The molecule has 2 aliphatic rings. The highest BCUT2D eigenvalue weighted by Gasteiger charge is 2.36. The number of nitrogens with two attached hydrogens (primary N) is 1. The van der Waals surface area contributed by atoms with E-state index in [2.05, 4.69) is 39.5 Å². The lowest BCUT2D eigenvalue weighted by molar-refractivity contribution is 0.0421. The summed E-state index contributed by atoms with van der Waals surface area (Å²) in [5.41, 5.74) is 10.7. The topological polar surface area (TPSA) is 77.4 Å². The van der Waals surface area contributed by atoms with Gasteiger partial charge in [-0.3, -0.25) is 4.90 Å². The standard InChI is InChI=1S/C23H27N5O/c24-17-7-5-12-27(15-17)22-18-8-2-1-6-16(18)11-13-28(22)23(29)26-21-14-25-20-10-4-3-9-19(20)21/h1-4,6,8-10,14,17,22,25H,5,7,11-13,15,24H2,(H,26,29). The number of nitrogens with zero attached hydrogens (tertiary/aromatic N) is 2. The largest absolute Gasteiger partial charge is 0.359 e. The molecule has 0 aliphatic carbocycles. The number of urea groups is 1. The number of H-pyrrole nitrogens is 1. The molecule has 2 aromatic carbocycles. The van der Waals surface area contributed by atoms with E-state index in [1.165, 1.54) is 11.1 Å². The molecule has 0 bridgehead atoms. The molecular weight excluding hydrogens is 362 g/mol. The summed E-state index contributed by atoms with van der Waals surface area (Å²) in [6.45, 7) is 2.47. The van der Waals surface area contributed by atoms with E-state index in [9.17, 15) is 4.79 Å². The third-order valence-electron chi connectivity index (χ3n) is 6.18. The number of piperidine rings is 1. The molecule has 1 fully saturated rings. The first-order valence-electron chi connectivity index (χ1n) is 10.4. The van der Waals surface area contributed by atoms with Crippen LogP contribution in [0.2, 0.25) is 0 Å². The summed E-state index contributed by atoms with van der Waals surface area (Å²) in [6.07, 6.45) is 4.78. The highest BCUT2D eigenvalue weighted by molar-refractivity contribution is 6.01. The van der Waals surface area contributed by atoms with Crippen molar-refractivity contribution in [2.75, 3.05) is 25.0 Å². The molecule has 0 radical (unpaired) electrons. The number of amides is 2. The maximum atomic E-state index is 13.4. The number of aromatic nitrogens is 1. The van der Waals surface area contributed by atoms with Gasteiger partial charge in [0.2, 0.25) is 0 Å². The van der Waals surface area contributed by atoms with Crippen LogP contribution in [0.4, 0.5) is 10.5 Å². The molecule has 4 N–H and O–H groups in total. The molecule has 150 valence electrons. The number of carbonyl (C=O) groups excluding carboxylic acids is 1. The molecule has 2 atom stereocenters. The number of para-hydroxylation sites is 1. The Morgan fingerprint density at radius 3 is 2.83 bits per heavy atom. The average molecular weight is 390 g/mol. The number of nitrogens with one attached hydrogen (secondary N) is 2. The quantitative estimate of drug-likeness (QED) is 0.626. The van der Waals surface area contributed by atoms with E-state index in [1.807, 2.05) is 35.4 Å². The smallest absolute Gasteiger partial charge is 0.323 e. The van der Waals surface area contributed by atoms with Gasteiger partial charge in [0, 0.05) is 42.8 Å². The van der Waals surface area contributed by atoms with E-state index in [-0.39, 0.29) is 18.2 Å². The van der Waals surface area contributed by atoms with Crippen LogP contribution in [-0.2, 0) is 6.42 Å². The minimum absolute atomic E-state index is 0.0617. The van der Waals surface area contributed by atoms with Crippen LogP contribution >= 0.6 is 0 Å². The third-order valence-corrected chi connectivity index (χ3v) is 6.18. The van der Waals surface area contributed by atoms with Crippen molar-refractivity contribution in [1.29, 1.82) is 0 Å². The number of hydrogen-bond acceptors (Lipinski definition) is 3. The Bertz CT molecular complexity index is 1030. The molecule has 29 heavy (non-hydrogen) atoms. The Balaban J connectivity index is 1.46. The second kappa shape index (κ2) is 7.54. The SMILES string of the molecule is NC1CCCN(C2c3ccccc3CCN2C(=O)Nc2c[nH]c3ccccc23)C1. The molecule has 6 nitrogen and oxygen atoms in total. The summed E-state index contributed by atoms with van der Waals surface area (Å²) < 4.78 is 0. The second-order valence-corrected chi connectivity index (χ2v) is 8.09. The zero-order chi connectivity index (χ0) is 19.8. The van der Waals surface area contributed by atoms with Crippen molar-refractivity contribution in [2.45, 2.75) is 31.5 Å². The molecule has 1 aromatic heterocycles. The summed E-state index contributed by atoms with van der Waals surface area (Å²) >= 11 is 0. The molecule has 5 rings (SSSR count). The van der Waals surface area contributed by atoms with Gasteiger partial charge in [-0.25, -0.2) is 4.79 Å². The first-order chi connectivity index (χ1) is 14.2. The van der Waals surface area contributed by atoms with E-state index in [0.29, 0.717) is 6.54 Å². The molecule has 0 spiro atoms. The Labute approximate surface area is 170 Å². The van der Waals surface area contributed by atoms with E-state index in [4.69, 9.17) is 5.73 Å². The van der Waals surface area contributed by atoms with Crippen molar-refractivity contribution in [3.8, 4) is 0 Å². The molecule has 3 aromatic rings. The molecular formula is C23H27N5O. The van der Waals surface area contributed by atoms with Gasteiger partial charge in [-0.05, 0) is 36.5 Å². The number of rotatable bonds is 2. The number of anilines is 1. The zero-order valence-corrected chi connectivity index (χ0v) is 16.5. The van der Waals surface area contributed by atoms with Gasteiger partial charge in [0.1, 0.15) is 6.17 Å². The fraction of sp³-hybridized carbons (Fsp3) is 0.348. The van der Waals surface area contributed by atoms with E-state index >= 15 is 0 Å². The molecule has 6 heteroatoms. The first-order valence-corrected chi connectivity index (χ1v) is 10.4. The summed E-state index contributed by atoms with van der Waals surface area (Å²) in [5, 5.41) is 4.17. The Hall–Kier alpha value is -2.83. The van der Waals surface area contributed by atoms with Crippen LogP contribution in [0.3, 0.4) is 0 Å². The van der Waals surface area contributed by atoms with Crippen molar-refractivity contribution in [3.63, 3.8) is 0 Å². The van der Waals surface area contributed by atoms with Gasteiger partial charge in [-0.1, -0.05) is 42.5 Å². The maximum Gasteiger partial charge on any atom is 0.323 e. The van der Waals surface area contributed by atoms with Crippen LogP contribution in [0.5, 0.6) is 0 Å². The van der Waals surface area contributed by atoms with Crippen molar-refractivity contribution < 1.29 is 4.79 Å². The Morgan fingerprint density at radius 2 is 1.93 bits per heavy atom. The van der Waals surface area contributed by atoms with E-state index in [1.54, 1.807) is 0 Å². The summed E-state index contributed by atoms with van der Waals surface area (Å²) in [7, 11) is 0. The van der Waals surface area contributed by atoms with Crippen LogP contribution < -0.4 is 11.1 Å². The summed E-state index contributed by atoms with van der Waals surface area (Å²) in [6, 6.07) is 16.6. The molecule has 2 amide bonds. The van der Waals surface area contributed by atoms with Crippen molar-refractivity contribution in [1.82, 2.24) is 14.8 Å². The number of aromatic amines is 1. The molecule has 2 unspecified atom stereocenters. The summed E-state index contributed by atoms with van der Waals surface area (Å²) in [4.78, 5) is 21.0. The van der Waals surface area contributed by atoms with Gasteiger partial charge in [0.25, 0.3) is 0 Å². The number of hydrogen-bond donors (Lipinski definition) is 3. The van der Waals surface area contributed by atoms with Gasteiger partial charge < -0.3 is 20.9 Å². The van der Waals surface area contributed by atoms with Crippen molar-refractivity contribution in [3.05, 3.63) is 65.9 Å². The van der Waals surface area contributed by atoms with Gasteiger partial charge in [0.05, 0.1) is 5.69 Å². The number of fused-ring (bicyclic) bond motifs is 2. The summed E-state index contributed by atoms with van der Waals surface area (Å²) in [5.74, 6) is 0. The number of likely N-dealkylation sites (tertiary alicyclic amines) is 1. The van der Waals surface area contributed by atoms with Crippen molar-refractivity contribution >= 4 is 22.6 Å². The van der Waals surface area contributed by atoms with Gasteiger partial charge >= 0.3 is 6.03 Å². The van der Waals surface area contributed by atoms with Crippen LogP contribution in [0, 0.1) is 0 Å². The van der Waals surface area contributed by atoms with Crippen LogP contribution in [0.25, 0.3) is 10.9 Å². The third kappa shape index (κ3) is 3.39. The van der Waals surface area contributed by atoms with Gasteiger partial charge in [-0.2, -0.15) is 0 Å². The fourth-order valence-electron chi connectivity index (χ4n) is 4.78. The molecule has 3 heterocycles. The predicted molar refractivity (Wildman–Crippen MR) is 116 cm³/mol. The zero-order valence-electron chi connectivity index (χ0n) is 16.5. The fourth-order valence-corrected chi connectivity index (χ4v) is 4.78. The number of benzene rings is 2. The maximum absolute atomic E-state index is 13.4. The lowest BCUT2D eigenvalue weighted by Crippen LogP contribution is -2.54. The van der Waals surface area contributed by atoms with Crippen LogP contribution in [0.1, 0.15) is 30.1 Å². The van der Waals surface area contributed by atoms with E-state index < -0.39 is 0 Å². The van der Waals surface area contributed by atoms with E-state index in [0.717, 1.165) is 48.9 Å². The minimum atomic E-state index is -0.0727. The van der Waals surface area contributed by atoms with Gasteiger partial charge in [-0.15, -0.1) is 0 Å². The lowest BCUT2D eigenvalue weighted by atomic mass is 9.94. The van der Waals surface area contributed by atoms with Crippen LogP contribution in [-0.4, -0.2) is 46.5 Å². The normalized spacial score (nSPS) is 22.4. The van der Waals surface area contributed by atoms with Crippen LogP contribution in [0.15, 0.2) is 54.7 Å². The molecule has 2 aliphatic heterocycles. The number of carbonyl (C=O) groups is 1. The second-order valence-electron chi connectivity index (χ2n) is 8.09. The average Bonchev–Trinajstić information content (AvgIpc) is 3.15. The lowest BCUT2D eigenvalue weighted by Gasteiger charge is -2.45. The molecule has 0 saturated carbocycles. The monoisotopic (exact) mass is 389 g/mol. The molecule has 1 saturated heterocycles. The van der Waals surface area contributed by atoms with Gasteiger partial charge in [0.15, 0.2) is 0 Å². The Morgan fingerprint density at radius 1 is 1.10 bits per heavy atom.